The molecule has 2 aromatic rings. The van der Waals surface area contributed by atoms with Gasteiger partial charge in [-0.25, -0.2) is 4.68 Å². The number of rotatable bonds is 5. The van der Waals surface area contributed by atoms with Gasteiger partial charge in [0.2, 0.25) is 5.91 Å². The van der Waals surface area contributed by atoms with E-state index in [0.717, 1.165) is 17.8 Å². The first kappa shape index (κ1) is 13.3. The quantitative estimate of drug-likeness (QED) is 0.893. The summed E-state index contributed by atoms with van der Waals surface area (Å²) in [6, 6.07) is 9.81. The summed E-state index contributed by atoms with van der Waals surface area (Å²) in [5.41, 5.74) is 1.71. The Morgan fingerprint density at radius 1 is 1.32 bits per heavy atom. The molecule has 0 unspecified atom stereocenters. The van der Waals surface area contributed by atoms with Crippen LogP contribution in [0.1, 0.15) is 26.7 Å². The number of anilines is 1. The van der Waals surface area contributed by atoms with Gasteiger partial charge in [0, 0.05) is 6.42 Å². The van der Waals surface area contributed by atoms with Crippen molar-refractivity contribution in [2.45, 2.75) is 26.7 Å². The maximum absolute atomic E-state index is 11.7. The molecule has 1 heterocycles. The van der Waals surface area contributed by atoms with Gasteiger partial charge in [0.05, 0.1) is 23.8 Å². The molecule has 1 amide bonds. The highest BCUT2D eigenvalue weighted by atomic mass is 16.1. The van der Waals surface area contributed by atoms with E-state index in [1.165, 1.54) is 0 Å². The van der Waals surface area contributed by atoms with Crippen LogP contribution in [0, 0.1) is 5.92 Å². The second-order valence-corrected chi connectivity index (χ2v) is 4.99. The van der Waals surface area contributed by atoms with Crippen LogP contribution in [-0.2, 0) is 4.79 Å². The normalized spacial score (nSPS) is 10.7. The zero-order valence-corrected chi connectivity index (χ0v) is 11.3. The zero-order chi connectivity index (χ0) is 13.7. The fourth-order valence-electron chi connectivity index (χ4n) is 1.75. The summed E-state index contributed by atoms with van der Waals surface area (Å²) in [5.74, 6) is 0.583. The minimum absolute atomic E-state index is 0.0429. The molecule has 0 aliphatic carbocycles. The molecular weight excluding hydrogens is 238 g/mol. The topological polar surface area (TPSA) is 46.9 Å². The van der Waals surface area contributed by atoms with Gasteiger partial charge in [-0.3, -0.25) is 4.79 Å². The largest absolute Gasteiger partial charge is 0.323 e. The second kappa shape index (κ2) is 6.18. The predicted octanol–water partition coefficient (Wildman–Crippen LogP) is 3.25. The smallest absolute Gasteiger partial charge is 0.224 e. The van der Waals surface area contributed by atoms with Crippen LogP contribution in [-0.4, -0.2) is 15.7 Å². The molecule has 0 aliphatic rings. The van der Waals surface area contributed by atoms with Crippen LogP contribution < -0.4 is 5.32 Å². The minimum atomic E-state index is 0.0429. The van der Waals surface area contributed by atoms with Crippen molar-refractivity contribution in [2.24, 2.45) is 5.92 Å². The van der Waals surface area contributed by atoms with Crippen molar-refractivity contribution in [1.29, 1.82) is 0 Å². The van der Waals surface area contributed by atoms with Gasteiger partial charge in [-0.1, -0.05) is 32.0 Å². The Bertz CT molecular complexity index is 531. The monoisotopic (exact) mass is 257 g/mol. The van der Waals surface area contributed by atoms with Gasteiger partial charge in [-0.2, -0.15) is 5.10 Å². The molecule has 100 valence electrons. The van der Waals surface area contributed by atoms with E-state index in [9.17, 15) is 4.79 Å². The SMILES string of the molecule is CC(C)CCC(=O)Nc1cnn(-c2ccccc2)c1. The third kappa shape index (κ3) is 3.95. The highest BCUT2D eigenvalue weighted by Crippen LogP contribution is 2.12. The molecule has 0 aliphatic heterocycles. The first-order valence-electron chi connectivity index (χ1n) is 6.55. The summed E-state index contributed by atoms with van der Waals surface area (Å²) in [5, 5.41) is 7.10. The van der Waals surface area contributed by atoms with Gasteiger partial charge in [0.25, 0.3) is 0 Å². The van der Waals surface area contributed by atoms with E-state index in [1.807, 2.05) is 36.5 Å². The molecule has 19 heavy (non-hydrogen) atoms. The van der Waals surface area contributed by atoms with Crippen molar-refractivity contribution < 1.29 is 4.79 Å². The lowest BCUT2D eigenvalue weighted by Gasteiger charge is -2.04. The number of amides is 1. The number of carbonyl (C=O) groups is 1. The Labute approximate surface area is 113 Å². The Kier molecular flexibility index (Phi) is 4.34. The van der Waals surface area contributed by atoms with Crippen molar-refractivity contribution >= 4 is 11.6 Å². The molecule has 1 N–H and O–H groups in total. The summed E-state index contributed by atoms with van der Waals surface area (Å²) in [6.07, 6.45) is 4.94. The van der Waals surface area contributed by atoms with Crippen LogP contribution in [0.5, 0.6) is 0 Å². The van der Waals surface area contributed by atoms with E-state index < -0.39 is 0 Å². The first-order valence-corrected chi connectivity index (χ1v) is 6.55. The highest BCUT2D eigenvalue weighted by molar-refractivity contribution is 5.90. The second-order valence-electron chi connectivity index (χ2n) is 4.99. The molecule has 2 rings (SSSR count). The van der Waals surface area contributed by atoms with E-state index in [1.54, 1.807) is 10.9 Å². The fraction of sp³-hybridized carbons (Fsp3) is 0.333. The number of carbonyl (C=O) groups excluding carboxylic acids is 1. The number of benzene rings is 1. The van der Waals surface area contributed by atoms with Crippen molar-refractivity contribution in [3.8, 4) is 5.69 Å². The van der Waals surface area contributed by atoms with E-state index >= 15 is 0 Å². The zero-order valence-electron chi connectivity index (χ0n) is 11.3. The van der Waals surface area contributed by atoms with E-state index in [-0.39, 0.29) is 5.91 Å². The maximum Gasteiger partial charge on any atom is 0.224 e. The Morgan fingerprint density at radius 3 is 2.74 bits per heavy atom. The van der Waals surface area contributed by atoms with Gasteiger partial charge in [-0.05, 0) is 24.5 Å². The van der Waals surface area contributed by atoms with Crippen LogP contribution in [0.3, 0.4) is 0 Å². The van der Waals surface area contributed by atoms with E-state index in [0.29, 0.717) is 12.3 Å². The lowest BCUT2D eigenvalue weighted by molar-refractivity contribution is -0.116. The molecule has 0 radical (unpaired) electrons. The molecule has 0 bridgehead atoms. The lowest BCUT2D eigenvalue weighted by Crippen LogP contribution is -2.11. The molecule has 1 aromatic carbocycles. The molecule has 0 fully saturated rings. The van der Waals surface area contributed by atoms with Gasteiger partial charge < -0.3 is 5.32 Å². The van der Waals surface area contributed by atoms with Crippen LogP contribution in [0.15, 0.2) is 42.7 Å². The average Bonchev–Trinajstić information content (AvgIpc) is 2.86. The average molecular weight is 257 g/mol. The van der Waals surface area contributed by atoms with Gasteiger partial charge >= 0.3 is 0 Å². The first-order chi connectivity index (χ1) is 9.15. The van der Waals surface area contributed by atoms with E-state index in [4.69, 9.17) is 0 Å². The fourth-order valence-corrected chi connectivity index (χ4v) is 1.75. The molecule has 0 spiro atoms. The maximum atomic E-state index is 11.7. The lowest BCUT2D eigenvalue weighted by atomic mass is 10.1. The number of nitrogens with one attached hydrogen (secondary N) is 1. The standard InChI is InChI=1S/C15H19N3O/c1-12(2)8-9-15(19)17-13-10-16-18(11-13)14-6-4-3-5-7-14/h3-7,10-12H,8-9H2,1-2H3,(H,17,19). The van der Waals surface area contributed by atoms with Gasteiger partial charge in [0.1, 0.15) is 0 Å². The van der Waals surface area contributed by atoms with Crippen LogP contribution in [0.2, 0.25) is 0 Å². The summed E-state index contributed by atoms with van der Waals surface area (Å²) >= 11 is 0. The summed E-state index contributed by atoms with van der Waals surface area (Å²) in [7, 11) is 0. The molecule has 1 aromatic heterocycles. The highest BCUT2D eigenvalue weighted by Gasteiger charge is 2.06. The van der Waals surface area contributed by atoms with Gasteiger partial charge in [0.15, 0.2) is 0 Å². The number of hydrogen-bond acceptors (Lipinski definition) is 2. The van der Waals surface area contributed by atoms with Crippen LogP contribution >= 0.6 is 0 Å². The molecule has 4 heteroatoms. The minimum Gasteiger partial charge on any atom is -0.323 e. The molecule has 0 saturated carbocycles. The third-order valence-corrected chi connectivity index (χ3v) is 2.84. The molecule has 0 atom stereocenters. The van der Waals surface area contributed by atoms with E-state index in [2.05, 4.69) is 24.3 Å². The van der Waals surface area contributed by atoms with Crippen LogP contribution in [0.4, 0.5) is 5.69 Å². The Morgan fingerprint density at radius 2 is 2.05 bits per heavy atom. The number of hydrogen-bond donors (Lipinski definition) is 1. The van der Waals surface area contributed by atoms with Crippen molar-refractivity contribution in [3.05, 3.63) is 42.7 Å². The van der Waals surface area contributed by atoms with Crippen molar-refractivity contribution in [2.75, 3.05) is 5.32 Å². The Hall–Kier alpha value is -2.10. The van der Waals surface area contributed by atoms with Gasteiger partial charge in [-0.15, -0.1) is 0 Å². The number of aromatic nitrogens is 2. The van der Waals surface area contributed by atoms with Crippen molar-refractivity contribution in [1.82, 2.24) is 9.78 Å². The van der Waals surface area contributed by atoms with Crippen molar-refractivity contribution in [3.63, 3.8) is 0 Å². The Balaban J connectivity index is 1.96. The molecule has 4 nitrogen and oxygen atoms in total. The summed E-state index contributed by atoms with van der Waals surface area (Å²) in [6.45, 7) is 4.22. The molecule has 0 saturated heterocycles. The summed E-state index contributed by atoms with van der Waals surface area (Å²) < 4.78 is 1.75. The third-order valence-electron chi connectivity index (χ3n) is 2.84. The number of para-hydroxylation sites is 1. The van der Waals surface area contributed by atoms with Crippen LogP contribution in [0.25, 0.3) is 5.69 Å². The molecular formula is C15H19N3O. The number of nitrogens with zero attached hydrogens (tertiary/aromatic N) is 2. The predicted molar refractivity (Wildman–Crippen MR) is 76.3 cm³/mol. The summed E-state index contributed by atoms with van der Waals surface area (Å²) in [4.78, 5) is 11.7.